The lowest BCUT2D eigenvalue weighted by atomic mass is 10.1. The smallest absolute Gasteiger partial charge is 0.0669 e. The molecule has 0 aliphatic heterocycles. The normalized spacial score (nSPS) is 11.6. The fraction of sp³-hybridized carbons (Fsp3) is 0.121. The van der Waals surface area contributed by atoms with Crippen LogP contribution in [-0.2, 0) is 6.42 Å². The van der Waals surface area contributed by atoms with Crippen molar-refractivity contribution in [1.29, 1.82) is 5.26 Å². The van der Waals surface area contributed by atoms with Crippen molar-refractivity contribution in [2.24, 2.45) is 0 Å². The molecule has 3 heteroatoms. The molecule has 36 heavy (non-hydrogen) atoms. The van der Waals surface area contributed by atoms with Crippen LogP contribution in [0.3, 0.4) is 0 Å². The van der Waals surface area contributed by atoms with Gasteiger partial charge in [-0.2, -0.15) is 5.26 Å². The van der Waals surface area contributed by atoms with Crippen LogP contribution in [0.4, 0.5) is 22.7 Å². The predicted molar refractivity (Wildman–Crippen MR) is 153 cm³/mol. The van der Waals surface area contributed by atoms with Crippen LogP contribution < -0.4 is 9.80 Å². The third kappa shape index (κ3) is 5.92. The average Bonchev–Trinajstić information content (AvgIpc) is 2.93. The minimum Gasteiger partial charge on any atom is -0.345 e. The summed E-state index contributed by atoms with van der Waals surface area (Å²) >= 11 is 0. The van der Waals surface area contributed by atoms with E-state index in [2.05, 4.69) is 134 Å². The first-order chi connectivity index (χ1) is 17.6. The van der Waals surface area contributed by atoms with E-state index in [1.165, 1.54) is 11.1 Å². The molecule has 0 amide bonds. The van der Waals surface area contributed by atoms with Gasteiger partial charge in [-0.05, 0) is 85.2 Å². The van der Waals surface area contributed by atoms with Crippen LogP contribution in [0.25, 0.3) is 5.57 Å². The number of allylic oxidation sites excluding steroid dienone is 4. The standard InChI is InChI=1S/C33H31N3/c1-26(29-10-6-4-7-11-29)14-15-27(2)36(32-12-8-5-9-13-32)33-22-20-31(21-23-33)35(3)30-18-16-28(17-19-30)24-25-34/h4-23H,24H2,1-3H3/b26-14+,27-15+. The third-order valence-electron chi connectivity index (χ3n) is 6.27. The molecule has 178 valence electrons. The van der Waals surface area contributed by atoms with Crippen molar-refractivity contribution in [3.63, 3.8) is 0 Å². The lowest BCUT2D eigenvalue weighted by Crippen LogP contribution is -2.15. The zero-order valence-electron chi connectivity index (χ0n) is 21.1. The molecule has 0 saturated heterocycles. The van der Waals surface area contributed by atoms with Gasteiger partial charge in [0.1, 0.15) is 0 Å². The monoisotopic (exact) mass is 469 g/mol. The first kappa shape index (κ1) is 24.6. The molecule has 0 heterocycles. The van der Waals surface area contributed by atoms with Crippen molar-refractivity contribution in [3.05, 3.63) is 138 Å². The van der Waals surface area contributed by atoms with Gasteiger partial charge in [-0.15, -0.1) is 0 Å². The summed E-state index contributed by atoms with van der Waals surface area (Å²) in [4.78, 5) is 4.43. The largest absolute Gasteiger partial charge is 0.345 e. The second-order valence-electron chi connectivity index (χ2n) is 8.77. The molecule has 4 aromatic rings. The lowest BCUT2D eigenvalue weighted by Gasteiger charge is -2.27. The van der Waals surface area contributed by atoms with Crippen LogP contribution in [0.1, 0.15) is 25.0 Å². The summed E-state index contributed by atoms with van der Waals surface area (Å²) in [7, 11) is 2.06. The van der Waals surface area contributed by atoms with Crippen molar-refractivity contribution in [2.45, 2.75) is 20.3 Å². The summed E-state index contributed by atoms with van der Waals surface area (Å²) < 4.78 is 0. The molecule has 0 atom stereocenters. The van der Waals surface area contributed by atoms with E-state index >= 15 is 0 Å². The summed E-state index contributed by atoms with van der Waals surface area (Å²) in [5.74, 6) is 0. The Morgan fingerprint density at radius 3 is 1.75 bits per heavy atom. The van der Waals surface area contributed by atoms with E-state index in [4.69, 9.17) is 5.26 Å². The SMILES string of the molecule is C/C(=C\C=C(/C)N(c1ccccc1)c1ccc(N(C)c2ccc(CC#N)cc2)cc1)c1ccccc1. The van der Waals surface area contributed by atoms with Gasteiger partial charge in [0.25, 0.3) is 0 Å². The molecular formula is C33H31N3. The van der Waals surface area contributed by atoms with Gasteiger partial charge >= 0.3 is 0 Å². The second-order valence-corrected chi connectivity index (χ2v) is 8.77. The number of hydrogen-bond donors (Lipinski definition) is 0. The van der Waals surface area contributed by atoms with E-state index in [0.717, 1.165) is 34.0 Å². The summed E-state index contributed by atoms with van der Waals surface area (Å²) in [5.41, 5.74) is 9.01. The summed E-state index contributed by atoms with van der Waals surface area (Å²) in [6, 6.07) is 39.9. The number of nitriles is 1. The average molecular weight is 470 g/mol. The molecule has 0 aliphatic carbocycles. The first-order valence-electron chi connectivity index (χ1n) is 12.1. The van der Waals surface area contributed by atoms with Crippen molar-refractivity contribution < 1.29 is 0 Å². The Labute approximate surface area is 214 Å². The molecule has 0 radical (unpaired) electrons. The van der Waals surface area contributed by atoms with Crippen molar-refractivity contribution >= 4 is 28.3 Å². The highest BCUT2D eigenvalue weighted by Crippen LogP contribution is 2.32. The van der Waals surface area contributed by atoms with Crippen LogP contribution >= 0.6 is 0 Å². The fourth-order valence-corrected chi connectivity index (χ4v) is 4.15. The van der Waals surface area contributed by atoms with Crippen LogP contribution in [-0.4, -0.2) is 7.05 Å². The zero-order chi connectivity index (χ0) is 25.3. The van der Waals surface area contributed by atoms with Crippen molar-refractivity contribution in [2.75, 3.05) is 16.8 Å². The maximum atomic E-state index is 8.91. The molecule has 0 spiro atoms. The number of hydrogen-bond acceptors (Lipinski definition) is 3. The van der Waals surface area contributed by atoms with Gasteiger partial charge in [-0.1, -0.05) is 66.7 Å². The van der Waals surface area contributed by atoms with E-state index in [-0.39, 0.29) is 0 Å². The van der Waals surface area contributed by atoms with Gasteiger partial charge in [0, 0.05) is 35.5 Å². The molecule has 3 nitrogen and oxygen atoms in total. The topological polar surface area (TPSA) is 30.3 Å². The van der Waals surface area contributed by atoms with E-state index in [9.17, 15) is 0 Å². The fourth-order valence-electron chi connectivity index (χ4n) is 4.15. The van der Waals surface area contributed by atoms with Crippen LogP contribution in [0.5, 0.6) is 0 Å². The summed E-state index contributed by atoms with van der Waals surface area (Å²) in [6.45, 7) is 4.29. The van der Waals surface area contributed by atoms with E-state index in [1.54, 1.807) is 0 Å². The number of rotatable bonds is 8. The molecule has 4 rings (SSSR count). The molecular weight excluding hydrogens is 438 g/mol. The van der Waals surface area contributed by atoms with Crippen LogP contribution in [0, 0.1) is 11.3 Å². The Balaban J connectivity index is 1.61. The molecule has 0 N–H and O–H groups in total. The molecule has 0 aromatic heterocycles. The highest BCUT2D eigenvalue weighted by Gasteiger charge is 2.12. The number of para-hydroxylation sites is 1. The van der Waals surface area contributed by atoms with E-state index in [0.29, 0.717) is 6.42 Å². The van der Waals surface area contributed by atoms with Gasteiger partial charge < -0.3 is 9.80 Å². The van der Waals surface area contributed by atoms with Gasteiger partial charge in [0.15, 0.2) is 0 Å². The highest BCUT2D eigenvalue weighted by atomic mass is 15.1. The molecule has 0 aliphatic rings. The van der Waals surface area contributed by atoms with E-state index < -0.39 is 0 Å². The molecule has 0 saturated carbocycles. The van der Waals surface area contributed by atoms with E-state index in [1.807, 2.05) is 24.3 Å². The Morgan fingerprint density at radius 2 is 1.17 bits per heavy atom. The van der Waals surface area contributed by atoms with Crippen LogP contribution in [0.15, 0.2) is 127 Å². The molecule has 0 unspecified atom stereocenters. The maximum Gasteiger partial charge on any atom is 0.0669 e. The predicted octanol–water partition coefficient (Wildman–Crippen LogP) is 8.67. The minimum atomic E-state index is 0.431. The zero-order valence-corrected chi connectivity index (χ0v) is 21.1. The first-order valence-corrected chi connectivity index (χ1v) is 12.1. The lowest BCUT2D eigenvalue weighted by molar-refractivity contribution is 1.15. The van der Waals surface area contributed by atoms with Crippen LogP contribution in [0.2, 0.25) is 0 Å². The molecule has 0 fully saturated rings. The third-order valence-corrected chi connectivity index (χ3v) is 6.27. The Morgan fingerprint density at radius 1 is 0.667 bits per heavy atom. The molecule has 4 aromatic carbocycles. The van der Waals surface area contributed by atoms with Gasteiger partial charge in [-0.25, -0.2) is 0 Å². The second kappa shape index (κ2) is 11.7. The number of benzene rings is 4. The summed E-state index contributed by atoms with van der Waals surface area (Å²) in [5, 5.41) is 8.91. The van der Waals surface area contributed by atoms with Crippen molar-refractivity contribution in [3.8, 4) is 6.07 Å². The van der Waals surface area contributed by atoms with Crippen molar-refractivity contribution in [1.82, 2.24) is 0 Å². The summed E-state index contributed by atoms with van der Waals surface area (Å²) in [6.07, 6.45) is 4.79. The number of anilines is 4. The Hall–Kier alpha value is -4.55. The van der Waals surface area contributed by atoms with Gasteiger partial charge in [-0.3, -0.25) is 0 Å². The van der Waals surface area contributed by atoms with Gasteiger partial charge in [0.2, 0.25) is 0 Å². The quantitative estimate of drug-likeness (QED) is 0.242. The minimum absolute atomic E-state index is 0.431. The Kier molecular flexibility index (Phi) is 8.01. The van der Waals surface area contributed by atoms with Gasteiger partial charge in [0.05, 0.1) is 12.5 Å². The highest BCUT2D eigenvalue weighted by molar-refractivity contribution is 5.73. The maximum absolute atomic E-state index is 8.91. The Bertz CT molecular complexity index is 1360. The number of nitrogens with zero attached hydrogens (tertiary/aromatic N) is 3. The molecule has 0 bridgehead atoms.